The highest BCUT2D eigenvalue weighted by Crippen LogP contribution is 2.29. The Balaban J connectivity index is 3.08. The van der Waals surface area contributed by atoms with Crippen molar-refractivity contribution in [2.24, 2.45) is 0 Å². The molecule has 0 aliphatic rings. The summed E-state index contributed by atoms with van der Waals surface area (Å²) in [6.45, 7) is 1.87. The summed E-state index contributed by atoms with van der Waals surface area (Å²) in [5, 5.41) is 0. The summed E-state index contributed by atoms with van der Waals surface area (Å²) in [5.41, 5.74) is 0. The number of alkyl halides is 1. The van der Waals surface area contributed by atoms with E-state index in [4.69, 9.17) is 16.0 Å². The van der Waals surface area contributed by atoms with Crippen LogP contribution in [0, 0.1) is 0 Å². The molecular formula is C10H15BrClNO3S2. The minimum absolute atomic E-state index is 0.0914. The molecule has 0 radical (unpaired) electrons. The van der Waals surface area contributed by atoms with Gasteiger partial charge in [0.15, 0.2) is 4.67 Å². The van der Waals surface area contributed by atoms with Gasteiger partial charge in [0.25, 0.3) is 0 Å². The lowest BCUT2D eigenvalue weighted by Gasteiger charge is -2.22. The first-order chi connectivity index (χ1) is 8.34. The summed E-state index contributed by atoms with van der Waals surface area (Å²) in [5.74, 6) is 1.29. The maximum absolute atomic E-state index is 12.4. The van der Waals surface area contributed by atoms with Gasteiger partial charge in [-0.25, -0.2) is 8.42 Å². The fourth-order valence-corrected chi connectivity index (χ4v) is 4.63. The molecule has 1 rings (SSSR count). The highest BCUT2D eigenvalue weighted by atomic mass is 79.9. The molecule has 0 saturated carbocycles. The number of thioether (sulfide) groups is 1. The van der Waals surface area contributed by atoms with E-state index in [1.54, 1.807) is 18.8 Å². The molecule has 0 aromatic carbocycles. The van der Waals surface area contributed by atoms with Crippen LogP contribution in [0.1, 0.15) is 12.7 Å². The SMILES string of the molecule is CSCC(C)N(C)S(=O)(=O)c1cc(CCl)oc1Br. The molecule has 104 valence electrons. The standard InChI is InChI=1S/C10H15BrClNO3S2/c1-7(6-17-3)13(2)18(14,15)9-4-8(5-12)16-10(9)11/h4,7H,5-6H2,1-3H3. The van der Waals surface area contributed by atoms with E-state index in [9.17, 15) is 8.42 Å². The third-order valence-corrected chi connectivity index (χ3v) is 6.43. The van der Waals surface area contributed by atoms with Crippen molar-refractivity contribution in [2.75, 3.05) is 19.1 Å². The first-order valence-corrected chi connectivity index (χ1v) is 9.31. The van der Waals surface area contributed by atoms with Gasteiger partial charge in [0.1, 0.15) is 10.7 Å². The lowest BCUT2D eigenvalue weighted by Crippen LogP contribution is -2.36. The molecule has 0 N–H and O–H groups in total. The highest BCUT2D eigenvalue weighted by Gasteiger charge is 2.29. The molecule has 1 aromatic heterocycles. The number of halogens is 2. The molecule has 0 spiro atoms. The lowest BCUT2D eigenvalue weighted by molar-refractivity contribution is 0.413. The Labute approximate surface area is 125 Å². The van der Waals surface area contributed by atoms with Crippen LogP contribution in [-0.4, -0.2) is 37.8 Å². The van der Waals surface area contributed by atoms with Crippen molar-refractivity contribution in [1.29, 1.82) is 0 Å². The zero-order valence-corrected chi connectivity index (χ0v) is 14.3. The number of hydrogen-bond donors (Lipinski definition) is 0. The van der Waals surface area contributed by atoms with Crippen LogP contribution in [-0.2, 0) is 15.9 Å². The van der Waals surface area contributed by atoms with Crippen LogP contribution in [0.4, 0.5) is 0 Å². The monoisotopic (exact) mass is 375 g/mol. The van der Waals surface area contributed by atoms with E-state index in [-0.39, 0.29) is 21.5 Å². The van der Waals surface area contributed by atoms with Crippen molar-refractivity contribution in [3.05, 3.63) is 16.5 Å². The zero-order chi connectivity index (χ0) is 13.9. The molecule has 0 aliphatic heterocycles. The molecule has 4 nitrogen and oxygen atoms in total. The minimum atomic E-state index is -3.56. The fraction of sp³-hybridized carbons (Fsp3) is 0.600. The molecule has 0 saturated heterocycles. The number of nitrogens with zero attached hydrogens (tertiary/aromatic N) is 1. The van der Waals surface area contributed by atoms with Crippen LogP contribution in [0.25, 0.3) is 0 Å². The van der Waals surface area contributed by atoms with Crippen molar-refractivity contribution in [3.8, 4) is 0 Å². The molecule has 1 atom stereocenters. The number of furan rings is 1. The fourth-order valence-electron chi connectivity index (χ4n) is 1.38. The second-order valence-corrected chi connectivity index (χ2v) is 7.67. The van der Waals surface area contributed by atoms with Crippen LogP contribution < -0.4 is 0 Å². The normalized spacial score (nSPS) is 14.1. The topological polar surface area (TPSA) is 50.5 Å². The van der Waals surface area contributed by atoms with Gasteiger partial charge in [0.2, 0.25) is 10.0 Å². The molecule has 1 aromatic rings. The van der Waals surface area contributed by atoms with Crippen molar-refractivity contribution in [2.45, 2.75) is 23.7 Å². The maximum atomic E-state index is 12.4. The predicted molar refractivity (Wildman–Crippen MR) is 78.8 cm³/mol. The van der Waals surface area contributed by atoms with Gasteiger partial charge in [-0.2, -0.15) is 16.1 Å². The Hall–Kier alpha value is 0.310. The Morgan fingerprint density at radius 2 is 2.22 bits per heavy atom. The van der Waals surface area contributed by atoms with Crippen LogP contribution in [0.2, 0.25) is 0 Å². The number of sulfonamides is 1. The van der Waals surface area contributed by atoms with Gasteiger partial charge in [-0.1, -0.05) is 0 Å². The summed E-state index contributed by atoms with van der Waals surface area (Å²) in [6, 6.07) is 1.36. The van der Waals surface area contributed by atoms with Crippen molar-refractivity contribution in [1.82, 2.24) is 4.31 Å². The van der Waals surface area contributed by atoms with Crippen molar-refractivity contribution < 1.29 is 12.8 Å². The van der Waals surface area contributed by atoms with Crippen LogP contribution in [0.15, 0.2) is 20.0 Å². The molecular weight excluding hydrogens is 362 g/mol. The van der Waals surface area contributed by atoms with Crippen LogP contribution in [0.5, 0.6) is 0 Å². The molecule has 0 fully saturated rings. The Morgan fingerprint density at radius 3 is 2.67 bits per heavy atom. The van der Waals surface area contributed by atoms with Gasteiger partial charge in [-0.05, 0) is 29.1 Å². The Morgan fingerprint density at radius 1 is 1.61 bits per heavy atom. The van der Waals surface area contributed by atoms with Crippen molar-refractivity contribution in [3.63, 3.8) is 0 Å². The van der Waals surface area contributed by atoms with E-state index >= 15 is 0 Å². The predicted octanol–water partition coefficient (Wildman–Crippen LogP) is 3.15. The van der Waals surface area contributed by atoms with E-state index in [1.807, 2.05) is 13.2 Å². The van der Waals surface area contributed by atoms with Gasteiger partial charge in [-0.15, -0.1) is 11.6 Å². The summed E-state index contributed by atoms with van der Waals surface area (Å²) < 4.78 is 31.5. The smallest absolute Gasteiger partial charge is 0.247 e. The number of hydrogen-bond acceptors (Lipinski definition) is 4. The van der Waals surface area contributed by atoms with E-state index in [1.165, 1.54) is 10.4 Å². The summed E-state index contributed by atoms with van der Waals surface area (Å²) in [7, 11) is -1.99. The molecule has 0 aliphatic carbocycles. The number of rotatable bonds is 6. The van der Waals surface area contributed by atoms with E-state index in [0.29, 0.717) is 5.76 Å². The van der Waals surface area contributed by atoms with E-state index < -0.39 is 10.0 Å². The second-order valence-electron chi connectivity index (χ2n) is 3.81. The average Bonchev–Trinajstić information content (AvgIpc) is 2.70. The van der Waals surface area contributed by atoms with E-state index in [2.05, 4.69) is 15.9 Å². The summed E-state index contributed by atoms with van der Waals surface area (Å²) in [6.07, 6.45) is 1.94. The first kappa shape index (κ1) is 16.4. The molecule has 18 heavy (non-hydrogen) atoms. The zero-order valence-electron chi connectivity index (χ0n) is 10.3. The third-order valence-electron chi connectivity index (χ3n) is 2.52. The Kier molecular flexibility index (Phi) is 6.05. The molecule has 1 heterocycles. The van der Waals surface area contributed by atoms with Gasteiger partial charge in [0.05, 0.1) is 5.88 Å². The quantitative estimate of drug-likeness (QED) is 0.716. The van der Waals surface area contributed by atoms with Crippen LogP contribution >= 0.6 is 39.3 Å². The van der Waals surface area contributed by atoms with Crippen molar-refractivity contribution >= 4 is 49.3 Å². The van der Waals surface area contributed by atoms with Gasteiger partial charge < -0.3 is 4.42 Å². The second kappa shape index (κ2) is 6.65. The third kappa shape index (κ3) is 3.45. The summed E-state index contributed by atoms with van der Waals surface area (Å²) >= 11 is 10.3. The molecule has 0 amide bonds. The lowest BCUT2D eigenvalue weighted by atomic mass is 10.4. The first-order valence-electron chi connectivity index (χ1n) is 5.15. The average molecular weight is 377 g/mol. The van der Waals surface area contributed by atoms with Gasteiger partial charge >= 0.3 is 0 Å². The minimum Gasteiger partial charge on any atom is -0.452 e. The largest absolute Gasteiger partial charge is 0.452 e. The molecule has 0 bridgehead atoms. The van der Waals surface area contributed by atoms with E-state index in [0.717, 1.165) is 5.75 Å². The molecule has 1 unspecified atom stereocenters. The molecule has 8 heteroatoms. The summed E-state index contributed by atoms with van der Waals surface area (Å²) in [4.78, 5) is 0.119. The maximum Gasteiger partial charge on any atom is 0.247 e. The van der Waals surface area contributed by atoms with Crippen LogP contribution in [0.3, 0.4) is 0 Å². The van der Waals surface area contributed by atoms with Gasteiger partial charge in [0, 0.05) is 24.9 Å². The highest BCUT2D eigenvalue weighted by molar-refractivity contribution is 9.10. The van der Waals surface area contributed by atoms with Gasteiger partial charge in [-0.3, -0.25) is 0 Å². The Bertz CT molecular complexity index is 503.